The predicted octanol–water partition coefficient (Wildman–Crippen LogP) is 2.40. The van der Waals surface area contributed by atoms with E-state index in [4.69, 9.17) is 0 Å². The average Bonchev–Trinajstić information content (AvgIpc) is 3.10. The van der Waals surface area contributed by atoms with Gasteiger partial charge in [-0.1, -0.05) is 12.1 Å². The standard InChI is InChI=1S/C19H23FN4O/c1-2-24-15-17(13-21-24)5-8-19(25)23-11-9-22(10-12-23)14-16-3-6-18(20)7-4-16/h3-8,13,15H,2,9-12,14H2,1H3/b8-5+. The Kier molecular flexibility index (Phi) is 5.60. The molecule has 1 amide bonds. The van der Waals surface area contributed by atoms with E-state index in [1.54, 1.807) is 12.3 Å². The quantitative estimate of drug-likeness (QED) is 0.784. The third kappa shape index (κ3) is 4.76. The van der Waals surface area contributed by atoms with Gasteiger partial charge in [0, 0.05) is 57.1 Å². The van der Waals surface area contributed by atoms with Crippen LogP contribution in [0.15, 0.2) is 42.7 Å². The average molecular weight is 342 g/mol. The Morgan fingerprint density at radius 2 is 1.92 bits per heavy atom. The van der Waals surface area contributed by atoms with E-state index in [9.17, 15) is 9.18 Å². The van der Waals surface area contributed by atoms with Crippen LogP contribution in [0.3, 0.4) is 0 Å². The van der Waals surface area contributed by atoms with Gasteiger partial charge in [0.15, 0.2) is 0 Å². The summed E-state index contributed by atoms with van der Waals surface area (Å²) >= 11 is 0. The van der Waals surface area contributed by atoms with Gasteiger partial charge in [0.05, 0.1) is 6.20 Å². The minimum atomic E-state index is -0.213. The normalized spacial score (nSPS) is 15.8. The number of aryl methyl sites for hydroxylation is 1. The number of rotatable bonds is 5. The summed E-state index contributed by atoms with van der Waals surface area (Å²) in [6, 6.07) is 6.60. The topological polar surface area (TPSA) is 41.4 Å². The van der Waals surface area contributed by atoms with Gasteiger partial charge in [-0.15, -0.1) is 0 Å². The number of benzene rings is 1. The summed E-state index contributed by atoms with van der Waals surface area (Å²) in [4.78, 5) is 16.4. The second-order valence-corrected chi connectivity index (χ2v) is 6.19. The van der Waals surface area contributed by atoms with E-state index >= 15 is 0 Å². The minimum absolute atomic E-state index is 0.0330. The fourth-order valence-electron chi connectivity index (χ4n) is 2.89. The van der Waals surface area contributed by atoms with Crippen LogP contribution in [0, 0.1) is 5.82 Å². The fourth-order valence-corrected chi connectivity index (χ4v) is 2.89. The molecule has 0 atom stereocenters. The van der Waals surface area contributed by atoms with Crippen molar-refractivity contribution in [3.05, 3.63) is 59.7 Å². The summed E-state index contributed by atoms with van der Waals surface area (Å²) in [5.74, 6) is -0.180. The molecule has 2 aromatic rings. The third-order valence-electron chi connectivity index (χ3n) is 4.40. The lowest BCUT2D eigenvalue weighted by molar-refractivity contribution is -0.127. The van der Waals surface area contributed by atoms with Crippen LogP contribution in [0.5, 0.6) is 0 Å². The van der Waals surface area contributed by atoms with Crippen molar-refractivity contribution in [1.82, 2.24) is 19.6 Å². The number of nitrogens with zero attached hydrogens (tertiary/aromatic N) is 4. The maximum atomic E-state index is 13.0. The summed E-state index contributed by atoms with van der Waals surface area (Å²) in [5, 5.41) is 4.19. The molecule has 25 heavy (non-hydrogen) atoms. The number of carbonyl (C=O) groups is 1. The van der Waals surface area contributed by atoms with Crippen LogP contribution in [0.4, 0.5) is 4.39 Å². The first-order valence-electron chi connectivity index (χ1n) is 8.60. The van der Waals surface area contributed by atoms with Crippen molar-refractivity contribution in [2.75, 3.05) is 26.2 Å². The van der Waals surface area contributed by atoms with E-state index in [2.05, 4.69) is 10.00 Å². The van der Waals surface area contributed by atoms with Gasteiger partial charge in [0.2, 0.25) is 5.91 Å². The zero-order chi connectivity index (χ0) is 17.6. The minimum Gasteiger partial charge on any atom is -0.337 e. The Morgan fingerprint density at radius 1 is 1.20 bits per heavy atom. The van der Waals surface area contributed by atoms with E-state index in [0.29, 0.717) is 13.1 Å². The molecule has 5 nitrogen and oxygen atoms in total. The van der Waals surface area contributed by atoms with Crippen molar-refractivity contribution in [3.8, 4) is 0 Å². The Labute approximate surface area is 147 Å². The molecular formula is C19H23FN4O. The number of hydrogen-bond acceptors (Lipinski definition) is 3. The molecule has 0 bridgehead atoms. The van der Waals surface area contributed by atoms with Crippen LogP contribution in [0.1, 0.15) is 18.1 Å². The molecule has 0 unspecified atom stereocenters. The van der Waals surface area contributed by atoms with Crippen LogP contribution in [0.2, 0.25) is 0 Å². The van der Waals surface area contributed by atoms with Gasteiger partial charge in [-0.05, 0) is 30.7 Å². The lowest BCUT2D eigenvalue weighted by atomic mass is 10.2. The first-order chi connectivity index (χ1) is 12.1. The van der Waals surface area contributed by atoms with E-state index < -0.39 is 0 Å². The van der Waals surface area contributed by atoms with Gasteiger partial charge in [0.25, 0.3) is 0 Å². The number of hydrogen-bond donors (Lipinski definition) is 0. The molecule has 0 radical (unpaired) electrons. The lowest BCUT2D eigenvalue weighted by Gasteiger charge is -2.34. The second kappa shape index (κ2) is 8.07. The van der Waals surface area contributed by atoms with Gasteiger partial charge in [-0.3, -0.25) is 14.4 Å². The molecule has 1 saturated heterocycles. The Bertz CT molecular complexity index is 730. The lowest BCUT2D eigenvalue weighted by Crippen LogP contribution is -2.47. The van der Waals surface area contributed by atoms with E-state index in [1.165, 1.54) is 12.1 Å². The first-order valence-corrected chi connectivity index (χ1v) is 8.60. The van der Waals surface area contributed by atoms with E-state index in [0.717, 1.165) is 37.3 Å². The first kappa shape index (κ1) is 17.4. The van der Waals surface area contributed by atoms with Crippen LogP contribution < -0.4 is 0 Å². The van der Waals surface area contributed by atoms with Gasteiger partial charge in [-0.2, -0.15) is 5.10 Å². The molecule has 1 fully saturated rings. The van der Waals surface area contributed by atoms with Gasteiger partial charge >= 0.3 is 0 Å². The van der Waals surface area contributed by atoms with Crippen LogP contribution in [0.25, 0.3) is 6.08 Å². The highest BCUT2D eigenvalue weighted by Gasteiger charge is 2.19. The van der Waals surface area contributed by atoms with Crippen molar-refractivity contribution in [2.45, 2.75) is 20.0 Å². The molecule has 3 rings (SSSR count). The molecule has 2 heterocycles. The SMILES string of the molecule is CCn1cc(/C=C/C(=O)N2CCN(Cc3ccc(F)cc3)CC2)cn1. The molecular weight excluding hydrogens is 319 g/mol. The molecule has 0 saturated carbocycles. The Morgan fingerprint density at radius 3 is 2.56 bits per heavy atom. The van der Waals surface area contributed by atoms with Gasteiger partial charge in [-0.25, -0.2) is 4.39 Å². The van der Waals surface area contributed by atoms with Gasteiger partial charge < -0.3 is 4.90 Å². The van der Waals surface area contributed by atoms with Crippen molar-refractivity contribution in [3.63, 3.8) is 0 Å². The molecule has 0 spiro atoms. The van der Waals surface area contributed by atoms with E-state index in [-0.39, 0.29) is 11.7 Å². The smallest absolute Gasteiger partial charge is 0.246 e. The molecule has 132 valence electrons. The third-order valence-corrected chi connectivity index (χ3v) is 4.40. The largest absolute Gasteiger partial charge is 0.337 e. The van der Waals surface area contributed by atoms with Crippen molar-refractivity contribution in [1.29, 1.82) is 0 Å². The van der Waals surface area contributed by atoms with Gasteiger partial charge in [0.1, 0.15) is 5.82 Å². The van der Waals surface area contributed by atoms with Crippen LogP contribution in [-0.2, 0) is 17.9 Å². The number of piperazine rings is 1. The van der Waals surface area contributed by atoms with Crippen molar-refractivity contribution in [2.24, 2.45) is 0 Å². The number of amides is 1. The maximum Gasteiger partial charge on any atom is 0.246 e. The van der Waals surface area contributed by atoms with Crippen molar-refractivity contribution >= 4 is 12.0 Å². The summed E-state index contributed by atoms with van der Waals surface area (Å²) in [6.07, 6.45) is 7.11. The van der Waals surface area contributed by atoms with E-state index in [1.807, 2.05) is 40.9 Å². The second-order valence-electron chi connectivity index (χ2n) is 6.19. The Hall–Kier alpha value is -2.47. The highest BCUT2D eigenvalue weighted by atomic mass is 19.1. The summed E-state index contributed by atoms with van der Waals surface area (Å²) in [7, 11) is 0. The summed E-state index contributed by atoms with van der Waals surface area (Å²) in [5.41, 5.74) is 2.03. The van der Waals surface area contributed by atoms with Crippen LogP contribution in [-0.4, -0.2) is 51.7 Å². The zero-order valence-electron chi connectivity index (χ0n) is 14.4. The zero-order valence-corrected chi connectivity index (χ0v) is 14.4. The number of carbonyl (C=O) groups excluding carboxylic acids is 1. The Balaban J connectivity index is 1.47. The van der Waals surface area contributed by atoms with Crippen molar-refractivity contribution < 1.29 is 9.18 Å². The van der Waals surface area contributed by atoms with Crippen LogP contribution >= 0.6 is 0 Å². The monoisotopic (exact) mass is 342 g/mol. The molecule has 1 aliphatic heterocycles. The molecule has 6 heteroatoms. The predicted molar refractivity (Wildman–Crippen MR) is 95.2 cm³/mol. The molecule has 0 aliphatic carbocycles. The maximum absolute atomic E-state index is 13.0. The highest BCUT2D eigenvalue weighted by Crippen LogP contribution is 2.10. The summed E-state index contributed by atoms with van der Waals surface area (Å²) in [6.45, 7) is 6.69. The molecule has 1 aromatic carbocycles. The molecule has 0 N–H and O–H groups in total. The summed E-state index contributed by atoms with van der Waals surface area (Å²) < 4.78 is 14.8. The number of halogens is 1. The fraction of sp³-hybridized carbons (Fsp3) is 0.368. The molecule has 1 aromatic heterocycles. The molecule has 1 aliphatic rings. The number of aromatic nitrogens is 2. The highest BCUT2D eigenvalue weighted by molar-refractivity contribution is 5.91.